The van der Waals surface area contributed by atoms with Crippen molar-refractivity contribution in [2.75, 3.05) is 31.9 Å². The van der Waals surface area contributed by atoms with Gasteiger partial charge in [-0.25, -0.2) is 4.98 Å². The fourth-order valence-electron chi connectivity index (χ4n) is 5.24. The number of rotatable bonds is 10. The maximum absolute atomic E-state index is 12.0. The zero-order valence-electron chi connectivity index (χ0n) is 21.2. The topological polar surface area (TPSA) is 80.9 Å². The van der Waals surface area contributed by atoms with Gasteiger partial charge < -0.3 is 20.1 Å². The van der Waals surface area contributed by atoms with E-state index in [1.807, 2.05) is 30.3 Å². The number of nitrogen functional groups attached to an aromatic ring is 1. The van der Waals surface area contributed by atoms with Crippen LogP contribution >= 0.6 is 23.2 Å². The molecule has 0 radical (unpaired) electrons. The molecule has 0 aliphatic carbocycles. The molecular weight excluding hydrogens is 523 g/mol. The summed E-state index contributed by atoms with van der Waals surface area (Å²) < 4.78 is 12.1. The highest BCUT2D eigenvalue weighted by Gasteiger charge is 2.33. The summed E-state index contributed by atoms with van der Waals surface area (Å²) in [5.41, 5.74) is 8.50. The maximum atomic E-state index is 12.0. The summed E-state index contributed by atoms with van der Waals surface area (Å²) in [7, 11) is 0. The third kappa shape index (κ3) is 6.24. The molecule has 0 spiro atoms. The zero-order chi connectivity index (χ0) is 26.5. The normalized spacial score (nSPS) is 18.9. The van der Waals surface area contributed by atoms with Crippen molar-refractivity contribution in [2.24, 2.45) is 0 Å². The number of aldehydes is 1. The molecule has 2 atom stereocenters. The predicted octanol–water partition coefficient (Wildman–Crippen LogP) is 5.68. The smallest absolute Gasteiger partial charge is 0.209 e. The zero-order valence-corrected chi connectivity index (χ0v) is 22.7. The molecule has 0 bridgehead atoms. The molecule has 2 fully saturated rings. The number of benzene rings is 2. The Morgan fingerprint density at radius 3 is 2.47 bits per heavy atom. The predicted molar refractivity (Wildman–Crippen MR) is 151 cm³/mol. The molecule has 7 nitrogen and oxygen atoms in total. The molecular formula is C29H32Cl2N4O3. The van der Waals surface area contributed by atoms with Crippen molar-refractivity contribution in [3.8, 4) is 22.6 Å². The van der Waals surface area contributed by atoms with Crippen molar-refractivity contribution in [2.45, 2.75) is 44.6 Å². The van der Waals surface area contributed by atoms with Crippen molar-refractivity contribution in [3.05, 3.63) is 70.3 Å². The third-order valence-corrected chi connectivity index (χ3v) is 8.00. The minimum absolute atomic E-state index is 0.170. The highest BCUT2D eigenvalue weighted by molar-refractivity contribution is 6.35. The van der Waals surface area contributed by atoms with Crippen molar-refractivity contribution < 1.29 is 14.3 Å². The van der Waals surface area contributed by atoms with E-state index in [4.69, 9.17) is 38.4 Å². The number of halogens is 2. The average Bonchev–Trinajstić information content (AvgIpc) is 3.61. The molecule has 9 heteroatoms. The summed E-state index contributed by atoms with van der Waals surface area (Å²) in [6.45, 7) is 4.35. The summed E-state index contributed by atoms with van der Waals surface area (Å²) >= 11 is 12.5. The van der Waals surface area contributed by atoms with Gasteiger partial charge in [0.05, 0.1) is 0 Å². The van der Waals surface area contributed by atoms with Crippen LogP contribution in [-0.4, -0.2) is 59.5 Å². The fraction of sp³-hybridized carbons (Fsp3) is 0.379. The molecule has 2 N–H and O–H groups in total. The summed E-state index contributed by atoms with van der Waals surface area (Å²) in [6.07, 6.45) is 6.73. The largest absolute Gasteiger partial charge is 0.485 e. The number of carbonyl (C=O) groups is 1. The maximum Gasteiger partial charge on any atom is 0.209 e. The Morgan fingerprint density at radius 2 is 1.76 bits per heavy atom. The van der Waals surface area contributed by atoms with Gasteiger partial charge in [-0.3, -0.25) is 9.69 Å². The van der Waals surface area contributed by atoms with Gasteiger partial charge >= 0.3 is 0 Å². The van der Waals surface area contributed by atoms with Crippen molar-refractivity contribution >= 4 is 35.3 Å². The van der Waals surface area contributed by atoms with Crippen LogP contribution in [0.4, 0.5) is 5.82 Å². The van der Waals surface area contributed by atoms with Gasteiger partial charge in [-0.05, 0) is 74.7 Å². The standard InChI is InChI=1S/C29H32Cl2N4O3/c30-25-6-3-7-26(31)24(25)19-37-27-15-21(16-33-29(27)32)20-8-10-23(11-9-20)38-28(18-36)35-14-4-5-22(35)17-34-12-1-2-13-34/h3,6-11,15-16,18,22,28H,1-2,4-5,12-14,17,19H2,(H2,32,33)/t22-,28?/m0/s1. The minimum atomic E-state index is -0.592. The first kappa shape index (κ1) is 26.8. The molecule has 2 aliphatic rings. The molecule has 0 amide bonds. The molecule has 1 unspecified atom stereocenters. The molecule has 2 saturated heterocycles. The lowest BCUT2D eigenvalue weighted by Gasteiger charge is -2.32. The molecule has 2 aliphatic heterocycles. The van der Waals surface area contributed by atoms with Crippen LogP contribution in [0.1, 0.15) is 31.2 Å². The molecule has 200 valence electrons. The number of likely N-dealkylation sites (tertiary alicyclic amines) is 2. The van der Waals surface area contributed by atoms with Gasteiger partial charge in [0.15, 0.2) is 17.9 Å². The number of aromatic nitrogens is 1. The van der Waals surface area contributed by atoms with Crippen LogP contribution in [-0.2, 0) is 11.4 Å². The second-order valence-corrected chi connectivity index (χ2v) is 10.6. The first-order chi connectivity index (χ1) is 18.5. The lowest BCUT2D eigenvalue weighted by atomic mass is 10.1. The van der Waals surface area contributed by atoms with E-state index >= 15 is 0 Å². The number of pyridine rings is 1. The highest BCUT2D eigenvalue weighted by atomic mass is 35.5. The van der Waals surface area contributed by atoms with Gasteiger partial charge in [-0.1, -0.05) is 41.4 Å². The Morgan fingerprint density at radius 1 is 1.03 bits per heavy atom. The van der Waals surface area contributed by atoms with Crippen molar-refractivity contribution in [1.82, 2.24) is 14.8 Å². The van der Waals surface area contributed by atoms with Crippen molar-refractivity contribution in [1.29, 1.82) is 0 Å². The van der Waals surface area contributed by atoms with Crippen LogP contribution in [0.2, 0.25) is 10.0 Å². The van der Waals surface area contributed by atoms with E-state index < -0.39 is 6.23 Å². The first-order valence-electron chi connectivity index (χ1n) is 13.0. The van der Waals surface area contributed by atoms with Crippen molar-refractivity contribution in [3.63, 3.8) is 0 Å². The van der Waals surface area contributed by atoms with Crippen LogP contribution in [0.15, 0.2) is 54.7 Å². The quantitative estimate of drug-likeness (QED) is 0.323. The molecule has 5 rings (SSSR count). The van der Waals surface area contributed by atoms with Gasteiger partial charge in [0.2, 0.25) is 6.23 Å². The lowest BCUT2D eigenvalue weighted by Crippen LogP contribution is -2.48. The van der Waals surface area contributed by atoms with E-state index in [1.165, 1.54) is 12.8 Å². The van der Waals surface area contributed by atoms with Gasteiger partial charge in [0, 0.05) is 46.5 Å². The molecule has 3 heterocycles. The van der Waals surface area contributed by atoms with Crippen LogP contribution in [0.25, 0.3) is 11.1 Å². The Kier molecular flexibility index (Phi) is 8.69. The molecule has 3 aromatic rings. The average molecular weight is 556 g/mol. The van der Waals surface area contributed by atoms with Crippen LogP contribution in [0.5, 0.6) is 11.5 Å². The molecule has 0 saturated carbocycles. The third-order valence-electron chi connectivity index (χ3n) is 7.29. The van der Waals surface area contributed by atoms with Crippen LogP contribution in [0.3, 0.4) is 0 Å². The summed E-state index contributed by atoms with van der Waals surface area (Å²) in [4.78, 5) is 21.0. The van der Waals surface area contributed by atoms with E-state index in [9.17, 15) is 4.79 Å². The Labute approximate surface area is 233 Å². The summed E-state index contributed by atoms with van der Waals surface area (Å²) in [5.74, 6) is 1.36. The number of carbonyl (C=O) groups excluding carboxylic acids is 1. The summed E-state index contributed by atoms with van der Waals surface area (Å²) in [6, 6.07) is 15.1. The van der Waals surface area contributed by atoms with Gasteiger partial charge in [0.25, 0.3) is 0 Å². The molecule has 1 aromatic heterocycles. The van der Waals surface area contributed by atoms with Gasteiger partial charge in [0.1, 0.15) is 12.4 Å². The Hall–Kier alpha value is -2.84. The number of nitrogens with zero attached hydrogens (tertiary/aromatic N) is 3. The number of ether oxygens (including phenoxy) is 2. The number of anilines is 1. The first-order valence-corrected chi connectivity index (χ1v) is 13.8. The Balaban J connectivity index is 1.24. The molecule has 2 aromatic carbocycles. The summed E-state index contributed by atoms with van der Waals surface area (Å²) in [5, 5.41) is 1.06. The second-order valence-electron chi connectivity index (χ2n) is 9.81. The van der Waals surface area contributed by atoms with Gasteiger partial charge in [-0.15, -0.1) is 0 Å². The number of hydrogen-bond acceptors (Lipinski definition) is 7. The van der Waals surface area contributed by atoms with Gasteiger partial charge in [-0.2, -0.15) is 0 Å². The Bertz CT molecular complexity index is 1230. The highest BCUT2D eigenvalue weighted by Crippen LogP contribution is 2.31. The second kappa shape index (κ2) is 12.3. The number of nitrogens with two attached hydrogens (primary N) is 1. The van der Waals surface area contributed by atoms with E-state index in [-0.39, 0.29) is 12.4 Å². The van der Waals surface area contributed by atoms with E-state index in [1.54, 1.807) is 24.4 Å². The fourth-order valence-corrected chi connectivity index (χ4v) is 5.75. The molecule has 38 heavy (non-hydrogen) atoms. The minimum Gasteiger partial charge on any atom is -0.485 e. The monoisotopic (exact) mass is 554 g/mol. The SMILES string of the molecule is Nc1ncc(-c2ccc(OC(C=O)N3CCC[C@H]3CN3CCCC3)cc2)cc1OCc1c(Cl)cccc1Cl. The van der Waals surface area contributed by atoms with E-state index in [0.29, 0.717) is 33.1 Å². The van der Waals surface area contributed by atoms with E-state index in [2.05, 4.69) is 14.8 Å². The van der Waals surface area contributed by atoms with Crippen LogP contribution < -0.4 is 15.2 Å². The number of hydrogen-bond donors (Lipinski definition) is 1. The van der Waals surface area contributed by atoms with E-state index in [0.717, 1.165) is 56.4 Å². The van der Waals surface area contributed by atoms with Crippen LogP contribution in [0, 0.1) is 0 Å². The lowest BCUT2D eigenvalue weighted by molar-refractivity contribution is -0.122.